The molecule has 35 heavy (non-hydrogen) atoms. The number of amides is 1. The molecule has 0 heterocycles. The van der Waals surface area contributed by atoms with Gasteiger partial charge in [-0.2, -0.15) is 8.42 Å². The van der Waals surface area contributed by atoms with Gasteiger partial charge >= 0.3 is 6.09 Å². The highest BCUT2D eigenvalue weighted by Gasteiger charge is 2.33. The van der Waals surface area contributed by atoms with E-state index in [-0.39, 0.29) is 16.9 Å². The van der Waals surface area contributed by atoms with Gasteiger partial charge in [0, 0.05) is 0 Å². The van der Waals surface area contributed by atoms with Crippen molar-refractivity contribution in [1.29, 1.82) is 0 Å². The van der Waals surface area contributed by atoms with E-state index in [9.17, 15) is 13.2 Å². The Morgan fingerprint density at radius 3 is 2.23 bits per heavy atom. The Kier molecular flexibility index (Phi) is 9.49. The first-order valence-electron chi connectivity index (χ1n) is 11.9. The smallest absolute Gasteiger partial charge is 0.408 e. The highest BCUT2D eigenvalue weighted by molar-refractivity contribution is 7.90. The van der Waals surface area contributed by atoms with Crippen molar-refractivity contribution < 1.29 is 22.7 Å². The summed E-state index contributed by atoms with van der Waals surface area (Å²) in [5.41, 5.74) is 1.51. The Morgan fingerprint density at radius 2 is 1.69 bits per heavy atom. The number of nitrogens with one attached hydrogen (secondary N) is 1. The molecular weight excluding hydrogens is 464 g/mol. The van der Waals surface area contributed by atoms with Crippen LogP contribution in [0.4, 0.5) is 4.79 Å². The molecular formula is C27H38N2O5S. The summed E-state index contributed by atoms with van der Waals surface area (Å²) in [5.74, 6) is -0.513. The van der Waals surface area contributed by atoms with E-state index in [0.29, 0.717) is 12.0 Å². The van der Waals surface area contributed by atoms with E-state index in [1.54, 1.807) is 39.8 Å². The summed E-state index contributed by atoms with van der Waals surface area (Å²) >= 11 is 0. The molecule has 1 N–H and O–H groups in total. The van der Waals surface area contributed by atoms with Gasteiger partial charge in [-0.15, -0.1) is 4.40 Å². The lowest BCUT2D eigenvalue weighted by atomic mass is 9.90. The molecule has 0 aliphatic carbocycles. The van der Waals surface area contributed by atoms with Crippen molar-refractivity contribution in [3.63, 3.8) is 0 Å². The Labute approximate surface area is 210 Å². The van der Waals surface area contributed by atoms with Crippen molar-refractivity contribution in [3.05, 3.63) is 65.2 Å². The highest BCUT2D eigenvalue weighted by atomic mass is 32.2. The van der Waals surface area contributed by atoms with Crippen LogP contribution in [0.3, 0.4) is 0 Å². The lowest BCUT2D eigenvalue weighted by Gasteiger charge is -2.30. The average Bonchev–Trinajstić information content (AvgIpc) is 2.73. The number of carbonyl (C=O) groups excluding carboxylic acids is 1. The molecule has 2 rings (SSSR count). The molecule has 2 atom stereocenters. The van der Waals surface area contributed by atoms with Gasteiger partial charge in [-0.1, -0.05) is 49.4 Å². The zero-order valence-electron chi connectivity index (χ0n) is 22.0. The van der Waals surface area contributed by atoms with Gasteiger partial charge in [0.25, 0.3) is 10.0 Å². The molecule has 2 aromatic rings. The SMILES string of the molecule is CC[C@@H](/C(=N/S(=O)(=O)c1cc(C)ccc1C)OC(C)C)[C@H](NC(=O)OC(C)(C)C)c1ccccc1. The Morgan fingerprint density at radius 1 is 1.06 bits per heavy atom. The van der Waals surface area contributed by atoms with Crippen LogP contribution in [-0.4, -0.2) is 32.1 Å². The van der Waals surface area contributed by atoms with Crippen LogP contribution in [0.25, 0.3) is 0 Å². The van der Waals surface area contributed by atoms with E-state index >= 15 is 0 Å². The number of aryl methyl sites for hydroxylation is 2. The van der Waals surface area contributed by atoms with Gasteiger partial charge in [0.05, 0.1) is 23.0 Å². The molecule has 0 saturated carbocycles. The predicted octanol–water partition coefficient (Wildman–Crippen LogP) is 6.11. The summed E-state index contributed by atoms with van der Waals surface area (Å²) < 4.78 is 42.5. The number of nitrogens with zero attached hydrogens (tertiary/aromatic N) is 1. The maximum absolute atomic E-state index is 13.4. The Hall–Kier alpha value is -2.87. The summed E-state index contributed by atoms with van der Waals surface area (Å²) in [5, 5.41) is 2.92. The first kappa shape index (κ1) is 28.4. The van der Waals surface area contributed by atoms with E-state index < -0.39 is 33.7 Å². The summed E-state index contributed by atoms with van der Waals surface area (Å²) in [4.78, 5) is 12.9. The third-order valence-electron chi connectivity index (χ3n) is 5.18. The number of sulfonamides is 1. The number of alkyl carbamates (subject to hydrolysis) is 1. The maximum Gasteiger partial charge on any atom is 0.408 e. The van der Waals surface area contributed by atoms with Crippen molar-refractivity contribution in [3.8, 4) is 0 Å². The standard InChI is InChI=1S/C27H38N2O5S/c1-9-22(24(21-13-11-10-12-14-21)28-26(30)34-27(6,7)8)25(33-18(2)3)29-35(31,32)23-17-19(4)15-16-20(23)5/h10-18,22,24H,9H2,1-8H3,(H,28,30)/b29-25-/t22-,24-/m1/s1. The molecule has 0 radical (unpaired) electrons. The normalized spacial score (nSPS) is 14.4. The van der Waals surface area contributed by atoms with Crippen molar-refractivity contribution >= 4 is 22.0 Å². The number of hydrogen-bond acceptors (Lipinski definition) is 5. The molecule has 1 amide bonds. The monoisotopic (exact) mass is 502 g/mol. The fourth-order valence-electron chi connectivity index (χ4n) is 3.63. The maximum atomic E-state index is 13.4. The third kappa shape index (κ3) is 8.38. The molecule has 7 nitrogen and oxygen atoms in total. The molecule has 0 aliphatic heterocycles. The molecule has 0 saturated heterocycles. The topological polar surface area (TPSA) is 94.1 Å². The molecule has 0 fully saturated rings. The summed E-state index contributed by atoms with van der Waals surface area (Å²) in [6.07, 6.45) is -0.468. The van der Waals surface area contributed by atoms with Gasteiger partial charge in [0.1, 0.15) is 5.60 Å². The van der Waals surface area contributed by atoms with Gasteiger partial charge in [-0.25, -0.2) is 4.79 Å². The van der Waals surface area contributed by atoms with Gasteiger partial charge in [-0.05, 0) is 77.6 Å². The Bertz CT molecular complexity index is 1140. The molecule has 0 spiro atoms. The predicted molar refractivity (Wildman–Crippen MR) is 139 cm³/mol. The van der Waals surface area contributed by atoms with E-state index in [2.05, 4.69) is 9.71 Å². The van der Waals surface area contributed by atoms with Gasteiger partial charge < -0.3 is 14.8 Å². The highest BCUT2D eigenvalue weighted by Crippen LogP contribution is 2.30. The van der Waals surface area contributed by atoms with Crippen molar-refractivity contribution in [2.24, 2.45) is 10.3 Å². The van der Waals surface area contributed by atoms with Crippen LogP contribution in [0.1, 0.15) is 70.7 Å². The van der Waals surface area contributed by atoms with E-state index in [1.165, 1.54) is 0 Å². The first-order valence-corrected chi connectivity index (χ1v) is 13.3. The van der Waals surface area contributed by atoms with E-state index in [1.807, 2.05) is 64.1 Å². The van der Waals surface area contributed by atoms with Crippen molar-refractivity contribution in [2.45, 2.75) is 84.5 Å². The zero-order valence-corrected chi connectivity index (χ0v) is 22.8. The minimum absolute atomic E-state index is 0.0494. The number of rotatable bonds is 8. The second kappa shape index (κ2) is 11.7. The summed E-state index contributed by atoms with van der Waals surface area (Å²) in [7, 11) is -4.07. The number of benzene rings is 2. The van der Waals surface area contributed by atoms with Crippen LogP contribution < -0.4 is 5.32 Å². The van der Waals surface area contributed by atoms with Crippen LogP contribution in [-0.2, 0) is 19.5 Å². The first-order chi connectivity index (χ1) is 16.2. The molecule has 0 aliphatic rings. The van der Waals surface area contributed by atoms with Crippen LogP contribution >= 0.6 is 0 Å². The number of carbonyl (C=O) groups is 1. The fraction of sp³-hybridized carbons (Fsp3) is 0.481. The minimum Gasteiger partial charge on any atom is -0.477 e. The largest absolute Gasteiger partial charge is 0.477 e. The zero-order chi connectivity index (χ0) is 26.4. The Balaban J connectivity index is 2.61. The fourth-order valence-corrected chi connectivity index (χ4v) is 4.96. The van der Waals surface area contributed by atoms with Gasteiger partial charge in [0.2, 0.25) is 5.90 Å². The molecule has 0 aromatic heterocycles. The number of ether oxygens (including phenoxy) is 2. The lowest BCUT2D eigenvalue weighted by Crippen LogP contribution is -2.41. The van der Waals surface area contributed by atoms with Crippen LogP contribution in [0.2, 0.25) is 0 Å². The third-order valence-corrected chi connectivity index (χ3v) is 6.59. The molecule has 0 unspecified atom stereocenters. The van der Waals surface area contributed by atoms with E-state index in [0.717, 1.165) is 11.1 Å². The minimum atomic E-state index is -4.07. The quantitative estimate of drug-likeness (QED) is 0.347. The van der Waals surface area contributed by atoms with Crippen molar-refractivity contribution in [1.82, 2.24) is 5.32 Å². The van der Waals surface area contributed by atoms with Gasteiger partial charge in [0.15, 0.2) is 0 Å². The van der Waals surface area contributed by atoms with Crippen LogP contribution in [0.5, 0.6) is 0 Å². The van der Waals surface area contributed by atoms with E-state index in [4.69, 9.17) is 9.47 Å². The number of hydrogen-bond donors (Lipinski definition) is 1. The summed E-state index contributed by atoms with van der Waals surface area (Å²) in [6.45, 7) is 14.4. The second-order valence-electron chi connectivity index (χ2n) is 9.89. The van der Waals surface area contributed by atoms with Gasteiger partial charge in [-0.3, -0.25) is 0 Å². The van der Waals surface area contributed by atoms with Crippen molar-refractivity contribution in [2.75, 3.05) is 0 Å². The molecule has 2 aromatic carbocycles. The summed E-state index contributed by atoms with van der Waals surface area (Å²) in [6, 6.07) is 13.9. The lowest BCUT2D eigenvalue weighted by molar-refractivity contribution is 0.0489. The van der Waals surface area contributed by atoms with Crippen LogP contribution in [0.15, 0.2) is 57.8 Å². The molecule has 0 bridgehead atoms. The molecule has 8 heteroatoms. The molecule has 192 valence electrons. The van der Waals surface area contributed by atoms with Crippen LogP contribution in [0, 0.1) is 19.8 Å². The second-order valence-corrected chi connectivity index (χ2v) is 11.5. The average molecular weight is 503 g/mol.